The summed E-state index contributed by atoms with van der Waals surface area (Å²) in [6.07, 6.45) is 1.53. The topological polar surface area (TPSA) is 27.0 Å². The Hall–Kier alpha value is -1.47. The maximum absolute atomic E-state index is 13.8. The zero-order valence-electron chi connectivity index (χ0n) is 9.87. The molecule has 0 bridgehead atoms. The van der Waals surface area contributed by atoms with Gasteiger partial charge in [-0.15, -0.1) is 0 Å². The predicted molar refractivity (Wildman–Crippen MR) is 60.1 cm³/mol. The van der Waals surface area contributed by atoms with Crippen molar-refractivity contribution in [3.8, 4) is 6.07 Å². The van der Waals surface area contributed by atoms with Crippen molar-refractivity contribution in [3.63, 3.8) is 0 Å². The van der Waals surface area contributed by atoms with E-state index in [1.54, 1.807) is 0 Å². The summed E-state index contributed by atoms with van der Waals surface area (Å²) in [5, 5.41) is 9.21. The van der Waals surface area contributed by atoms with Crippen LogP contribution in [0.25, 0.3) is 0 Å². The summed E-state index contributed by atoms with van der Waals surface area (Å²) in [6, 6.07) is 5.51. The Morgan fingerprint density at radius 1 is 1.35 bits per heavy atom. The van der Waals surface area contributed by atoms with E-state index >= 15 is 0 Å². The Morgan fingerprint density at radius 2 is 2.00 bits per heavy atom. The minimum Gasteiger partial charge on any atom is -0.301 e. The van der Waals surface area contributed by atoms with Crippen LogP contribution in [0.5, 0.6) is 0 Å². The molecule has 0 heterocycles. The number of hydrogen-bond acceptors (Lipinski definition) is 2. The first-order valence-electron chi connectivity index (χ1n) is 5.53. The Bertz CT molecular complexity index is 473. The average molecular weight is 236 g/mol. The Balaban J connectivity index is 2.44. The first-order chi connectivity index (χ1) is 8.00. The van der Waals surface area contributed by atoms with Crippen molar-refractivity contribution < 1.29 is 8.78 Å². The maximum Gasteiger partial charge on any atom is 0.130 e. The molecule has 0 saturated heterocycles. The Kier molecular flexibility index (Phi) is 2.88. The molecule has 0 radical (unpaired) electrons. The van der Waals surface area contributed by atoms with Gasteiger partial charge in [0.15, 0.2) is 0 Å². The van der Waals surface area contributed by atoms with E-state index in [1.165, 1.54) is 12.1 Å². The van der Waals surface area contributed by atoms with Gasteiger partial charge in [0.05, 0.1) is 17.5 Å². The molecule has 1 aromatic rings. The van der Waals surface area contributed by atoms with Crippen LogP contribution < -0.4 is 0 Å². The summed E-state index contributed by atoms with van der Waals surface area (Å²) in [4.78, 5) is 1.83. The quantitative estimate of drug-likeness (QED) is 0.806. The zero-order chi connectivity index (χ0) is 12.6. The fourth-order valence-electron chi connectivity index (χ4n) is 2.37. The van der Waals surface area contributed by atoms with E-state index in [0.717, 1.165) is 18.9 Å². The highest BCUT2D eigenvalue weighted by atomic mass is 19.1. The number of nitrogens with zero attached hydrogens (tertiary/aromatic N) is 2. The van der Waals surface area contributed by atoms with Crippen LogP contribution in [-0.4, -0.2) is 19.0 Å². The lowest BCUT2D eigenvalue weighted by Crippen LogP contribution is -2.28. The van der Waals surface area contributed by atoms with Gasteiger partial charge in [-0.25, -0.2) is 8.78 Å². The van der Waals surface area contributed by atoms with Crippen molar-refractivity contribution in [1.29, 1.82) is 5.26 Å². The van der Waals surface area contributed by atoms with Gasteiger partial charge >= 0.3 is 0 Å². The molecule has 1 aliphatic carbocycles. The first kappa shape index (κ1) is 12.0. The highest BCUT2D eigenvalue weighted by Crippen LogP contribution is 2.56. The standard InChI is InChI=1S/C13H14F2N2/c1-17(2)12(13(8-16)5-6-13)10-4-3-9(14)7-11(10)15/h3-4,7,12H,5-6H2,1-2H3. The van der Waals surface area contributed by atoms with Gasteiger partial charge in [0.2, 0.25) is 0 Å². The molecule has 0 spiro atoms. The SMILES string of the molecule is CN(C)C(c1ccc(F)cc1F)C1(C#N)CC1. The van der Waals surface area contributed by atoms with Crippen molar-refractivity contribution >= 4 is 0 Å². The molecule has 2 nitrogen and oxygen atoms in total. The zero-order valence-corrected chi connectivity index (χ0v) is 9.87. The second-order valence-electron chi connectivity index (χ2n) is 4.80. The third-order valence-corrected chi connectivity index (χ3v) is 3.31. The molecule has 0 aliphatic heterocycles. The number of rotatable bonds is 3. The molecule has 1 aromatic carbocycles. The Labute approximate surface area is 99.5 Å². The summed E-state index contributed by atoms with van der Waals surface area (Å²) in [7, 11) is 3.62. The predicted octanol–water partition coefficient (Wildman–Crippen LogP) is 2.87. The van der Waals surface area contributed by atoms with Gasteiger partial charge < -0.3 is 4.90 Å². The van der Waals surface area contributed by atoms with Crippen LogP contribution in [0.1, 0.15) is 24.4 Å². The molecule has 0 aromatic heterocycles. The van der Waals surface area contributed by atoms with Crippen LogP contribution in [0.4, 0.5) is 8.78 Å². The largest absolute Gasteiger partial charge is 0.301 e. The van der Waals surface area contributed by atoms with E-state index in [9.17, 15) is 14.0 Å². The van der Waals surface area contributed by atoms with Crippen LogP contribution in [0.2, 0.25) is 0 Å². The monoisotopic (exact) mass is 236 g/mol. The maximum atomic E-state index is 13.8. The number of hydrogen-bond donors (Lipinski definition) is 0. The molecule has 1 aliphatic rings. The molecule has 1 atom stereocenters. The molecule has 1 fully saturated rings. The molecule has 0 amide bonds. The van der Waals surface area contributed by atoms with Crippen molar-refractivity contribution in [2.24, 2.45) is 5.41 Å². The normalized spacial score (nSPS) is 18.8. The van der Waals surface area contributed by atoms with Gasteiger partial charge in [-0.05, 0) is 33.0 Å². The Morgan fingerprint density at radius 3 is 2.41 bits per heavy atom. The van der Waals surface area contributed by atoms with Gasteiger partial charge in [0, 0.05) is 11.6 Å². The highest BCUT2D eigenvalue weighted by molar-refractivity contribution is 5.30. The molecule has 90 valence electrons. The lowest BCUT2D eigenvalue weighted by molar-refractivity contribution is 0.226. The third kappa shape index (κ3) is 2.03. The van der Waals surface area contributed by atoms with Crippen LogP contribution in [0, 0.1) is 28.4 Å². The van der Waals surface area contributed by atoms with Crippen LogP contribution in [0.15, 0.2) is 18.2 Å². The van der Waals surface area contributed by atoms with Crippen LogP contribution in [0.3, 0.4) is 0 Å². The second kappa shape index (κ2) is 4.08. The van der Waals surface area contributed by atoms with Crippen LogP contribution >= 0.6 is 0 Å². The van der Waals surface area contributed by atoms with Crippen molar-refractivity contribution in [1.82, 2.24) is 4.90 Å². The van der Waals surface area contributed by atoms with E-state index in [4.69, 9.17) is 0 Å². The minimum absolute atomic E-state index is 0.312. The lowest BCUT2D eigenvalue weighted by Gasteiger charge is -2.29. The molecule has 2 rings (SSSR count). The van der Waals surface area contributed by atoms with Gasteiger partial charge in [-0.1, -0.05) is 6.07 Å². The van der Waals surface area contributed by atoms with Gasteiger partial charge in [-0.3, -0.25) is 0 Å². The molecule has 17 heavy (non-hydrogen) atoms. The van der Waals surface area contributed by atoms with Crippen molar-refractivity contribution in [3.05, 3.63) is 35.4 Å². The van der Waals surface area contributed by atoms with Gasteiger partial charge in [-0.2, -0.15) is 5.26 Å². The fourth-order valence-corrected chi connectivity index (χ4v) is 2.37. The van der Waals surface area contributed by atoms with Crippen molar-refractivity contribution in [2.75, 3.05) is 14.1 Å². The first-order valence-corrected chi connectivity index (χ1v) is 5.53. The fraction of sp³-hybridized carbons (Fsp3) is 0.462. The lowest BCUT2D eigenvalue weighted by atomic mass is 9.90. The molecule has 4 heteroatoms. The van der Waals surface area contributed by atoms with Crippen LogP contribution in [-0.2, 0) is 0 Å². The summed E-state index contributed by atoms with van der Waals surface area (Å²) in [6.45, 7) is 0. The minimum atomic E-state index is -0.592. The highest BCUT2D eigenvalue weighted by Gasteiger charge is 2.52. The molecule has 1 unspecified atom stereocenters. The number of nitriles is 1. The van der Waals surface area contributed by atoms with Crippen molar-refractivity contribution in [2.45, 2.75) is 18.9 Å². The molecule has 0 N–H and O–H groups in total. The molecular weight excluding hydrogens is 222 g/mol. The van der Waals surface area contributed by atoms with E-state index in [1.807, 2.05) is 19.0 Å². The molecule has 1 saturated carbocycles. The third-order valence-electron chi connectivity index (χ3n) is 3.31. The summed E-state index contributed by atoms with van der Waals surface area (Å²) in [5.74, 6) is -1.17. The van der Waals surface area contributed by atoms with E-state index < -0.39 is 17.0 Å². The summed E-state index contributed by atoms with van der Waals surface area (Å²) >= 11 is 0. The number of benzene rings is 1. The van der Waals surface area contributed by atoms with E-state index in [0.29, 0.717) is 5.56 Å². The van der Waals surface area contributed by atoms with Gasteiger partial charge in [0.25, 0.3) is 0 Å². The number of halogens is 2. The molecular formula is C13H14F2N2. The van der Waals surface area contributed by atoms with Gasteiger partial charge in [0.1, 0.15) is 11.6 Å². The smallest absolute Gasteiger partial charge is 0.130 e. The van der Waals surface area contributed by atoms with E-state index in [-0.39, 0.29) is 6.04 Å². The average Bonchev–Trinajstić information content (AvgIpc) is 3.02. The summed E-state index contributed by atoms with van der Waals surface area (Å²) in [5.41, 5.74) is -0.113. The van der Waals surface area contributed by atoms with E-state index in [2.05, 4.69) is 6.07 Å². The summed E-state index contributed by atoms with van der Waals surface area (Å²) < 4.78 is 26.7. The second-order valence-corrected chi connectivity index (χ2v) is 4.80.